The van der Waals surface area contributed by atoms with Crippen LogP contribution in [0.2, 0.25) is 0 Å². The Morgan fingerprint density at radius 3 is 2.40 bits per heavy atom. The molecule has 2 rings (SSSR count). The second kappa shape index (κ2) is 2.21. The normalized spacial score (nSPS) is 52.2. The van der Waals surface area contributed by atoms with Crippen LogP contribution in [-0.4, -0.2) is 17.8 Å². The highest BCUT2D eigenvalue weighted by Crippen LogP contribution is 2.47. The lowest BCUT2D eigenvalue weighted by Crippen LogP contribution is -2.37. The third-order valence-electron chi connectivity index (χ3n) is 3.37. The fourth-order valence-electron chi connectivity index (χ4n) is 2.73. The molecule has 4 atom stereocenters. The maximum atomic E-state index is 8.98. The first-order valence-electron chi connectivity index (χ1n) is 4.19. The zero-order valence-electron chi connectivity index (χ0n) is 6.16. The quantitative estimate of drug-likeness (QED) is 0.553. The van der Waals surface area contributed by atoms with E-state index in [-0.39, 0.29) is 0 Å². The van der Waals surface area contributed by atoms with Crippen molar-refractivity contribution < 1.29 is 5.11 Å². The molecule has 0 unspecified atom stereocenters. The number of hydrogen-bond donors (Lipinski definition) is 2. The lowest BCUT2D eigenvalue weighted by Gasteiger charge is -2.25. The number of aliphatic hydroxyl groups is 1. The first-order valence-corrected chi connectivity index (χ1v) is 4.19. The van der Waals surface area contributed by atoms with Crippen LogP contribution in [-0.2, 0) is 0 Å². The number of hydrogen-bond acceptors (Lipinski definition) is 2. The van der Waals surface area contributed by atoms with Gasteiger partial charge in [0.1, 0.15) is 0 Å². The summed E-state index contributed by atoms with van der Waals surface area (Å²) in [6.07, 6.45) is 3.90. The van der Waals surface area contributed by atoms with Crippen LogP contribution in [0.4, 0.5) is 0 Å². The monoisotopic (exact) mass is 141 g/mol. The summed E-state index contributed by atoms with van der Waals surface area (Å²) in [5.74, 6) is 1.92. The molecule has 0 aromatic rings. The van der Waals surface area contributed by atoms with E-state index in [2.05, 4.69) is 0 Å². The van der Waals surface area contributed by atoms with E-state index in [1.807, 2.05) is 0 Å². The van der Waals surface area contributed by atoms with Crippen molar-refractivity contribution in [2.24, 2.45) is 23.5 Å². The largest absolute Gasteiger partial charge is 0.396 e. The fourth-order valence-corrected chi connectivity index (χ4v) is 2.73. The minimum atomic E-state index is 0.308. The van der Waals surface area contributed by atoms with Gasteiger partial charge >= 0.3 is 0 Å². The molecule has 2 fully saturated rings. The molecule has 2 nitrogen and oxygen atoms in total. The molecule has 3 N–H and O–H groups in total. The molecule has 2 heteroatoms. The average molecular weight is 141 g/mol. The standard InChI is InChI=1S/C8H15NO/c9-8-6-2-1-5(3-6)7(8)4-10/h5-8,10H,1-4,9H2/t5-,6-,7+,8-/m0/s1. The Morgan fingerprint density at radius 2 is 2.00 bits per heavy atom. The minimum Gasteiger partial charge on any atom is -0.396 e. The Balaban J connectivity index is 2.10. The molecular formula is C8H15NO. The van der Waals surface area contributed by atoms with E-state index < -0.39 is 0 Å². The van der Waals surface area contributed by atoms with E-state index in [1.54, 1.807) is 0 Å². The smallest absolute Gasteiger partial charge is 0.0476 e. The summed E-state index contributed by atoms with van der Waals surface area (Å²) in [6.45, 7) is 0.308. The van der Waals surface area contributed by atoms with E-state index in [0.717, 1.165) is 11.8 Å². The molecule has 0 heterocycles. The predicted octanol–water partition coefficient (Wildman–Crippen LogP) is 0.352. The topological polar surface area (TPSA) is 46.2 Å². The SMILES string of the molecule is N[C@H]1[C@H]2CC[C@@H](C2)[C@H]1CO. The first kappa shape index (κ1) is 6.62. The molecule has 2 bridgehead atoms. The molecular weight excluding hydrogens is 126 g/mol. The van der Waals surface area contributed by atoms with Crippen molar-refractivity contribution in [3.05, 3.63) is 0 Å². The molecule has 0 amide bonds. The molecule has 0 aliphatic heterocycles. The minimum absolute atomic E-state index is 0.308. The molecule has 0 radical (unpaired) electrons. The highest BCUT2D eigenvalue weighted by Gasteiger charge is 2.44. The summed E-state index contributed by atoms with van der Waals surface area (Å²) in [4.78, 5) is 0. The van der Waals surface area contributed by atoms with Crippen molar-refractivity contribution in [2.75, 3.05) is 6.61 Å². The molecule has 2 aliphatic carbocycles. The van der Waals surface area contributed by atoms with E-state index in [4.69, 9.17) is 10.8 Å². The van der Waals surface area contributed by atoms with Crippen LogP contribution in [0.5, 0.6) is 0 Å². The molecule has 0 aromatic heterocycles. The number of rotatable bonds is 1. The van der Waals surface area contributed by atoms with Gasteiger partial charge in [-0.3, -0.25) is 0 Å². The van der Waals surface area contributed by atoms with Crippen LogP contribution in [0, 0.1) is 17.8 Å². The van der Waals surface area contributed by atoms with Gasteiger partial charge in [0.05, 0.1) is 0 Å². The summed E-state index contributed by atoms with van der Waals surface area (Å²) in [5.41, 5.74) is 5.91. The van der Waals surface area contributed by atoms with E-state index >= 15 is 0 Å². The van der Waals surface area contributed by atoms with Gasteiger partial charge in [-0.15, -0.1) is 0 Å². The van der Waals surface area contributed by atoms with Crippen molar-refractivity contribution >= 4 is 0 Å². The second-order valence-corrected chi connectivity index (χ2v) is 3.76. The van der Waals surface area contributed by atoms with Gasteiger partial charge in [-0.25, -0.2) is 0 Å². The predicted molar refractivity (Wildman–Crippen MR) is 39.4 cm³/mol. The summed E-state index contributed by atoms with van der Waals surface area (Å²) in [7, 11) is 0. The number of nitrogens with two attached hydrogens (primary N) is 1. The van der Waals surface area contributed by atoms with E-state index in [9.17, 15) is 0 Å². The average Bonchev–Trinajstić information content (AvgIpc) is 2.46. The van der Waals surface area contributed by atoms with Gasteiger partial charge in [0.15, 0.2) is 0 Å². The van der Waals surface area contributed by atoms with Crippen LogP contribution in [0.1, 0.15) is 19.3 Å². The van der Waals surface area contributed by atoms with Crippen LogP contribution in [0.25, 0.3) is 0 Å². The summed E-state index contributed by atoms with van der Waals surface area (Å²) in [6, 6.07) is 0.309. The van der Waals surface area contributed by atoms with E-state index in [0.29, 0.717) is 18.6 Å². The Labute approximate surface area is 61.4 Å². The van der Waals surface area contributed by atoms with Gasteiger partial charge in [0, 0.05) is 18.6 Å². The summed E-state index contributed by atoms with van der Waals surface area (Å²) in [5, 5.41) is 8.98. The zero-order valence-corrected chi connectivity index (χ0v) is 6.16. The molecule has 0 spiro atoms. The lowest BCUT2D eigenvalue weighted by molar-refractivity contribution is 0.159. The van der Waals surface area contributed by atoms with Crippen LogP contribution >= 0.6 is 0 Å². The van der Waals surface area contributed by atoms with Crippen molar-refractivity contribution in [3.8, 4) is 0 Å². The van der Waals surface area contributed by atoms with Gasteiger partial charge in [0.2, 0.25) is 0 Å². The third kappa shape index (κ3) is 0.722. The number of fused-ring (bicyclic) bond motifs is 2. The summed E-state index contributed by atoms with van der Waals surface area (Å²) >= 11 is 0. The Kier molecular flexibility index (Phi) is 1.46. The van der Waals surface area contributed by atoms with Crippen molar-refractivity contribution in [3.63, 3.8) is 0 Å². The molecule has 0 aromatic carbocycles. The third-order valence-corrected chi connectivity index (χ3v) is 3.37. The van der Waals surface area contributed by atoms with Crippen molar-refractivity contribution in [2.45, 2.75) is 25.3 Å². The highest BCUT2D eigenvalue weighted by molar-refractivity contribution is 4.98. The van der Waals surface area contributed by atoms with Gasteiger partial charge in [0.25, 0.3) is 0 Å². The van der Waals surface area contributed by atoms with Gasteiger partial charge in [-0.05, 0) is 31.1 Å². The van der Waals surface area contributed by atoms with Crippen molar-refractivity contribution in [1.29, 1.82) is 0 Å². The van der Waals surface area contributed by atoms with Gasteiger partial charge in [-0.2, -0.15) is 0 Å². The van der Waals surface area contributed by atoms with Crippen LogP contribution in [0.15, 0.2) is 0 Å². The molecule has 2 aliphatic rings. The molecule has 10 heavy (non-hydrogen) atoms. The first-order chi connectivity index (χ1) is 4.83. The molecule has 0 saturated heterocycles. The second-order valence-electron chi connectivity index (χ2n) is 3.76. The highest BCUT2D eigenvalue weighted by atomic mass is 16.3. The lowest BCUT2D eigenvalue weighted by atomic mass is 9.86. The van der Waals surface area contributed by atoms with Crippen molar-refractivity contribution in [1.82, 2.24) is 0 Å². The van der Waals surface area contributed by atoms with Crippen LogP contribution in [0.3, 0.4) is 0 Å². The fraction of sp³-hybridized carbons (Fsp3) is 1.00. The maximum absolute atomic E-state index is 8.98. The molecule has 2 saturated carbocycles. The summed E-state index contributed by atoms with van der Waals surface area (Å²) < 4.78 is 0. The maximum Gasteiger partial charge on any atom is 0.0476 e. The molecule has 58 valence electrons. The Hall–Kier alpha value is -0.0800. The Bertz CT molecular complexity index is 135. The van der Waals surface area contributed by atoms with Gasteiger partial charge < -0.3 is 10.8 Å². The Morgan fingerprint density at radius 1 is 1.30 bits per heavy atom. The van der Waals surface area contributed by atoms with Crippen LogP contribution < -0.4 is 5.73 Å². The van der Waals surface area contributed by atoms with Gasteiger partial charge in [-0.1, -0.05) is 0 Å². The zero-order chi connectivity index (χ0) is 7.14. The van der Waals surface area contributed by atoms with E-state index in [1.165, 1.54) is 19.3 Å². The number of aliphatic hydroxyl groups excluding tert-OH is 1.